The second-order valence-corrected chi connectivity index (χ2v) is 5.58. The molecule has 2 N–H and O–H groups in total. The Morgan fingerprint density at radius 3 is 2.67 bits per heavy atom. The van der Waals surface area contributed by atoms with Gasteiger partial charge in [-0.1, -0.05) is 0 Å². The summed E-state index contributed by atoms with van der Waals surface area (Å²) in [5, 5.41) is 12.0. The van der Waals surface area contributed by atoms with Gasteiger partial charge >= 0.3 is 12.0 Å². The molecule has 0 spiro atoms. The molecule has 7 heteroatoms. The summed E-state index contributed by atoms with van der Waals surface area (Å²) in [5.74, 6) is -0.904. The fourth-order valence-electron chi connectivity index (χ4n) is 2.86. The largest absolute Gasteiger partial charge is 0.480 e. The number of hydrogen-bond acceptors (Lipinski definition) is 4. The van der Waals surface area contributed by atoms with E-state index in [1.807, 2.05) is 0 Å². The molecule has 2 rings (SSSR count). The molecule has 2 saturated heterocycles. The quantitative estimate of drug-likeness (QED) is 0.716. The molecular formula is C14H25N3O4. The van der Waals surface area contributed by atoms with Crippen LogP contribution >= 0.6 is 0 Å². The van der Waals surface area contributed by atoms with Gasteiger partial charge in [-0.2, -0.15) is 0 Å². The van der Waals surface area contributed by atoms with Crippen molar-refractivity contribution >= 4 is 12.0 Å². The van der Waals surface area contributed by atoms with Crippen LogP contribution in [-0.4, -0.2) is 78.9 Å². The third kappa shape index (κ3) is 4.86. The number of rotatable bonds is 5. The number of carboxylic acids is 1. The summed E-state index contributed by atoms with van der Waals surface area (Å²) < 4.78 is 5.28. The van der Waals surface area contributed by atoms with Gasteiger partial charge in [0.2, 0.25) is 0 Å². The van der Waals surface area contributed by atoms with Crippen LogP contribution in [0.1, 0.15) is 25.7 Å². The van der Waals surface area contributed by atoms with Crippen molar-refractivity contribution in [3.8, 4) is 0 Å². The average molecular weight is 299 g/mol. The molecule has 120 valence electrons. The number of aliphatic carboxylic acids is 1. The van der Waals surface area contributed by atoms with Crippen molar-refractivity contribution in [2.24, 2.45) is 0 Å². The smallest absolute Gasteiger partial charge is 0.326 e. The first-order valence-corrected chi connectivity index (χ1v) is 7.76. The third-order valence-corrected chi connectivity index (χ3v) is 4.08. The number of carbonyl (C=O) groups is 2. The first-order chi connectivity index (χ1) is 10.2. The van der Waals surface area contributed by atoms with Crippen molar-refractivity contribution in [3.05, 3.63) is 0 Å². The van der Waals surface area contributed by atoms with Crippen molar-refractivity contribution in [1.82, 2.24) is 15.1 Å². The fraction of sp³-hybridized carbons (Fsp3) is 0.857. The Kier molecular flexibility index (Phi) is 6.25. The molecule has 1 unspecified atom stereocenters. The minimum absolute atomic E-state index is 0.246. The third-order valence-electron chi connectivity index (χ3n) is 4.08. The predicted molar refractivity (Wildman–Crippen MR) is 77.3 cm³/mol. The lowest BCUT2D eigenvalue weighted by atomic mass is 10.0. The Bertz CT molecular complexity index is 358. The molecule has 0 aromatic heterocycles. The molecule has 0 aliphatic carbocycles. The first kappa shape index (κ1) is 16.0. The lowest BCUT2D eigenvalue weighted by Crippen LogP contribution is -2.52. The van der Waals surface area contributed by atoms with Gasteiger partial charge < -0.3 is 20.1 Å². The monoisotopic (exact) mass is 299 g/mol. The van der Waals surface area contributed by atoms with Gasteiger partial charge in [-0.3, -0.25) is 4.90 Å². The van der Waals surface area contributed by atoms with E-state index in [9.17, 15) is 9.59 Å². The summed E-state index contributed by atoms with van der Waals surface area (Å²) in [6.45, 7) is 5.50. The molecule has 2 aliphatic rings. The molecule has 2 amide bonds. The summed E-state index contributed by atoms with van der Waals surface area (Å²) in [6, 6.07) is -0.915. The molecule has 0 aromatic rings. The van der Waals surface area contributed by atoms with Gasteiger partial charge in [-0.15, -0.1) is 0 Å². The first-order valence-electron chi connectivity index (χ1n) is 7.76. The van der Waals surface area contributed by atoms with Crippen LogP contribution in [0.4, 0.5) is 4.79 Å². The van der Waals surface area contributed by atoms with Crippen molar-refractivity contribution in [2.45, 2.75) is 31.7 Å². The molecule has 0 radical (unpaired) electrons. The maximum atomic E-state index is 12.1. The molecule has 1 atom stereocenters. The van der Waals surface area contributed by atoms with Crippen molar-refractivity contribution in [3.63, 3.8) is 0 Å². The molecule has 7 nitrogen and oxygen atoms in total. The fourth-order valence-corrected chi connectivity index (χ4v) is 2.86. The Hall–Kier alpha value is -1.34. The van der Waals surface area contributed by atoms with Crippen molar-refractivity contribution < 1.29 is 19.4 Å². The van der Waals surface area contributed by atoms with Crippen LogP contribution in [0.2, 0.25) is 0 Å². The van der Waals surface area contributed by atoms with E-state index in [2.05, 4.69) is 10.2 Å². The Morgan fingerprint density at radius 1 is 1.19 bits per heavy atom. The highest BCUT2D eigenvalue weighted by atomic mass is 16.5. The molecule has 21 heavy (non-hydrogen) atoms. The van der Waals surface area contributed by atoms with E-state index < -0.39 is 12.0 Å². The maximum Gasteiger partial charge on any atom is 0.326 e. The highest BCUT2D eigenvalue weighted by molar-refractivity contribution is 5.82. The zero-order valence-corrected chi connectivity index (χ0v) is 12.4. The van der Waals surface area contributed by atoms with Gasteiger partial charge in [0.15, 0.2) is 0 Å². The van der Waals surface area contributed by atoms with Gasteiger partial charge in [-0.25, -0.2) is 9.59 Å². The van der Waals surface area contributed by atoms with E-state index >= 15 is 0 Å². The zero-order valence-electron chi connectivity index (χ0n) is 12.4. The molecule has 0 saturated carbocycles. The standard InChI is InChI=1S/C14H25N3O4/c18-13(19)12-4-1-2-7-17(12)14(20)15-5-3-6-16-8-10-21-11-9-16/h12H,1-11H2,(H,15,20)(H,18,19). The van der Waals surface area contributed by atoms with Crippen LogP contribution in [0.3, 0.4) is 0 Å². The molecule has 0 bridgehead atoms. The highest BCUT2D eigenvalue weighted by Gasteiger charge is 2.31. The number of nitrogens with zero attached hydrogens (tertiary/aromatic N) is 2. The molecular weight excluding hydrogens is 274 g/mol. The van der Waals surface area contributed by atoms with Gasteiger partial charge in [0, 0.05) is 26.2 Å². The van der Waals surface area contributed by atoms with Crippen molar-refractivity contribution in [1.29, 1.82) is 0 Å². The minimum atomic E-state index is -0.904. The van der Waals surface area contributed by atoms with E-state index in [0.717, 1.165) is 52.1 Å². The molecule has 0 aromatic carbocycles. The normalized spacial score (nSPS) is 23.8. The van der Waals surface area contributed by atoms with Crippen LogP contribution in [-0.2, 0) is 9.53 Å². The number of carbonyl (C=O) groups excluding carboxylic acids is 1. The summed E-state index contributed by atoms with van der Waals surface area (Å²) in [6.07, 6.45) is 3.18. The summed E-state index contributed by atoms with van der Waals surface area (Å²) >= 11 is 0. The predicted octanol–water partition coefficient (Wildman–Crippen LogP) is 0.357. The number of nitrogens with one attached hydrogen (secondary N) is 1. The van der Waals surface area contributed by atoms with Crippen LogP contribution in [0, 0.1) is 0 Å². The van der Waals surface area contributed by atoms with Crippen LogP contribution < -0.4 is 5.32 Å². The maximum absolute atomic E-state index is 12.1. The van der Waals surface area contributed by atoms with Gasteiger partial charge in [0.05, 0.1) is 13.2 Å². The number of morpholine rings is 1. The lowest BCUT2D eigenvalue weighted by molar-refractivity contribution is -0.143. The van der Waals surface area contributed by atoms with Gasteiger partial charge in [0.1, 0.15) is 6.04 Å². The minimum Gasteiger partial charge on any atom is -0.480 e. The lowest BCUT2D eigenvalue weighted by Gasteiger charge is -2.33. The van der Waals surface area contributed by atoms with E-state index in [-0.39, 0.29) is 6.03 Å². The van der Waals surface area contributed by atoms with E-state index in [1.165, 1.54) is 4.90 Å². The SMILES string of the molecule is O=C(O)C1CCCCN1C(=O)NCCCN1CCOCC1. The number of carboxylic acid groups (broad SMARTS) is 1. The topological polar surface area (TPSA) is 82.1 Å². The Balaban J connectivity index is 1.67. The number of hydrogen-bond donors (Lipinski definition) is 2. The summed E-state index contributed by atoms with van der Waals surface area (Å²) in [7, 11) is 0. The van der Waals surface area contributed by atoms with E-state index in [1.54, 1.807) is 0 Å². The number of piperidine rings is 1. The number of urea groups is 1. The number of likely N-dealkylation sites (tertiary alicyclic amines) is 1. The summed E-state index contributed by atoms with van der Waals surface area (Å²) in [4.78, 5) is 27.0. The second-order valence-electron chi connectivity index (χ2n) is 5.58. The van der Waals surface area contributed by atoms with Crippen LogP contribution in [0.25, 0.3) is 0 Å². The number of amides is 2. The zero-order chi connectivity index (χ0) is 15.1. The van der Waals surface area contributed by atoms with E-state index in [4.69, 9.17) is 9.84 Å². The highest BCUT2D eigenvalue weighted by Crippen LogP contribution is 2.17. The summed E-state index contributed by atoms with van der Waals surface area (Å²) in [5.41, 5.74) is 0. The average Bonchev–Trinajstić information content (AvgIpc) is 2.52. The molecule has 2 aliphatic heterocycles. The van der Waals surface area contributed by atoms with Crippen LogP contribution in [0.5, 0.6) is 0 Å². The van der Waals surface area contributed by atoms with E-state index in [0.29, 0.717) is 19.5 Å². The van der Waals surface area contributed by atoms with Crippen molar-refractivity contribution in [2.75, 3.05) is 45.9 Å². The van der Waals surface area contributed by atoms with Crippen LogP contribution in [0.15, 0.2) is 0 Å². The molecule has 2 fully saturated rings. The van der Waals surface area contributed by atoms with Gasteiger partial charge in [-0.05, 0) is 32.2 Å². The second kappa shape index (κ2) is 8.19. The Labute approximate surface area is 125 Å². The Morgan fingerprint density at radius 2 is 1.95 bits per heavy atom. The van der Waals surface area contributed by atoms with Gasteiger partial charge in [0.25, 0.3) is 0 Å². The molecule has 2 heterocycles. The number of ether oxygens (including phenoxy) is 1.